The van der Waals surface area contributed by atoms with Gasteiger partial charge < -0.3 is 14.6 Å². The van der Waals surface area contributed by atoms with E-state index in [1.807, 2.05) is 57.5 Å². The number of rotatable bonds is 8. The molecule has 0 aliphatic heterocycles. The molecule has 2 aromatic rings. The molecule has 1 aromatic heterocycles. The molecule has 0 aliphatic carbocycles. The Hall–Kier alpha value is -2.78. The topological polar surface area (TPSA) is 76.6 Å². The number of guanidine groups is 1. The van der Waals surface area contributed by atoms with Crippen LogP contribution < -0.4 is 10.6 Å². The largest absolute Gasteiger partial charge is 0.469 e. The van der Waals surface area contributed by atoms with Crippen molar-refractivity contribution in [2.75, 3.05) is 20.6 Å². The number of nitrogens with zero attached hydrogens (tertiary/aromatic N) is 3. The van der Waals surface area contributed by atoms with Crippen LogP contribution in [0.1, 0.15) is 18.2 Å². The minimum Gasteiger partial charge on any atom is -0.469 e. The van der Waals surface area contributed by atoms with Crippen LogP contribution in [-0.4, -0.2) is 43.6 Å². The number of likely N-dealkylation sites (N-methyl/N-ethyl adjacent to an activating group) is 1. The molecule has 0 saturated carbocycles. The molecular formula is C20H27N5O. The first-order valence-electron chi connectivity index (χ1n) is 8.77. The van der Waals surface area contributed by atoms with Gasteiger partial charge in [-0.2, -0.15) is 5.26 Å². The van der Waals surface area contributed by atoms with E-state index in [1.165, 1.54) is 5.56 Å². The Morgan fingerprint density at radius 2 is 1.96 bits per heavy atom. The van der Waals surface area contributed by atoms with Crippen LogP contribution >= 0.6 is 0 Å². The molecule has 0 saturated heterocycles. The Kier molecular flexibility index (Phi) is 7.72. The first-order chi connectivity index (χ1) is 12.6. The zero-order valence-electron chi connectivity index (χ0n) is 15.6. The first-order valence-corrected chi connectivity index (χ1v) is 8.77. The van der Waals surface area contributed by atoms with Gasteiger partial charge in [-0.15, -0.1) is 0 Å². The summed E-state index contributed by atoms with van der Waals surface area (Å²) in [6.45, 7) is 2.62. The average Bonchev–Trinajstić information content (AvgIpc) is 3.12. The Morgan fingerprint density at radius 1 is 1.19 bits per heavy atom. The van der Waals surface area contributed by atoms with Crippen molar-refractivity contribution in [2.24, 2.45) is 4.99 Å². The second-order valence-electron chi connectivity index (χ2n) is 6.56. The van der Waals surface area contributed by atoms with Gasteiger partial charge in [0, 0.05) is 18.5 Å². The van der Waals surface area contributed by atoms with Gasteiger partial charge in [-0.3, -0.25) is 10.3 Å². The zero-order valence-corrected chi connectivity index (χ0v) is 15.6. The van der Waals surface area contributed by atoms with Crippen molar-refractivity contribution in [3.05, 3.63) is 60.1 Å². The summed E-state index contributed by atoms with van der Waals surface area (Å²) < 4.78 is 5.37. The van der Waals surface area contributed by atoms with Gasteiger partial charge in [0.25, 0.3) is 0 Å². The number of nitriles is 1. The van der Waals surface area contributed by atoms with Crippen LogP contribution in [0.4, 0.5) is 0 Å². The van der Waals surface area contributed by atoms with E-state index in [2.05, 4.69) is 32.7 Å². The van der Waals surface area contributed by atoms with E-state index in [4.69, 9.17) is 9.68 Å². The molecule has 1 aromatic carbocycles. The fourth-order valence-corrected chi connectivity index (χ4v) is 2.68. The van der Waals surface area contributed by atoms with Gasteiger partial charge in [0.2, 0.25) is 5.96 Å². The highest BCUT2D eigenvalue weighted by Crippen LogP contribution is 2.07. The van der Waals surface area contributed by atoms with Crippen LogP contribution in [0.5, 0.6) is 0 Å². The lowest BCUT2D eigenvalue weighted by molar-refractivity contribution is 0.298. The number of aliphatic imine (C=N–C) groups is 1. The fraction of sp³-hybridized carbons (Fsp3) is 0.400. The molecule has 2 atom stereocenters. The minimum absolute atomic E-state index is 0.0904. The third-order valence-corrected chi connectivity index (χ3v) is 4.15. The van der Waals surface area contributed by atoms with Crippen LogP contribution in [0, 0.1) is 11.5 Å². The second kappa shape index (κ2) is 10.3. The smallest absolute Gasteiger partial charge is 0.204 e. The van der Waals surface area contributed by atoms with Crippen molar-refractivity contribution in [2.45, 2.75) is 31.8 Å². The molecule has 0 fully saturated rings. The summed E-state index contributed by atoms with van der Waals surface area (Å²) in [5.74, 6) is 1.39. The van der Waals surface area contributed by atoms with Crippen molar-refractivity contribution < 1.29 is 4.42 Å². The highest BCUT2D eigenvalue weighted by Gasteiger charge is 2.13. The van der Waals surface area contributed by atoms with Gasteiger partial charge in [-0.05, 0) is 45.1 Å². The van der Waals surface area contributed by atoms with E-state index < -0.39 is 0 Å². The maximum Gasteiger partial charge on any atom is 0.204 e. The normalized spacial score (nSPS) is 13.9. The van der Waals surface area contributed by atoms with E-state index in [0.717, 1.165) is 18.6 Å². The molecule has 1 unspecified atom stereocenters. The molecule has 6 heteroatoms. The molecule has 1 heterocycles. The lowest BCUT2D eigenvalue weighted by Crippen LogP contribution is -2.42. The van der Waals surface area contributed by atoms with Gasteiger partial charge in [0.1, 0.15) is 5.76 Å². The maximum absolute atomic E-state index is 9.00. The van der Waals surface area contributed by atoms with Gasteiger partial charge in [-0.1, -0.05) is 30.3 Å². The molecule has 138 valence electrons. The Labute approximate surface area is 155 Å². The van der Waals surface area contributed by atoms with Gasteiger partial charge in [-0.25, -0.2) is 0 Å². The highest BCUT2D eigenvalue weighted by molar-refractivity contribution is 5.81. The van der Waals surface area contributed by atoms with E-state index >= 15 is 0 Å². The molecule has 0 amide bonds. The van der Waals surface area contributed by atoms with E-state index in [-0.39, 0.29) is 12.1 Å². The first kappa shape index (κ1) is 19.5. The van der Waals surface area contributed by atoms with Crippen molar-refractivity contribution in [1.82, 2.24) is 15.5 Å². The second-order valence-corrected chi connectivity index (χ2v) is 6.56. The Balaban J connectivity index is 1.97. The van der Waals surface area contributed by atoms with Crippen molar-refractivity contribution in [3.8, 4) is 6.19 Å². The molecule has 6 nitrogen and oxygen atoms in total. The van der Waals surface area contributed by atoms with Crippen molar-refractivity contribution in [1.29, 1.82) is 5.26 Å². The monoisotopic (exact) mass is 353 g/mol. The predicted molar refractivity (Wildman–Crippen MR) is 104 cm³/mol. The molecule has 0 radical (unpaired) electrons. The number of furan rings is 1. The minimum atomic E-state index is 0.0904. The molecular weight excluding hydrogens is 326 g/mol. The third kappa shape index (κ3) is 6.61. The Bertz CT molecular complexity index is 704. The molecule has 26 heavy (non-hydrogen) atoms. The molecule has 0 spiro atoms. The quantitative estimate of drug-likeness (QED) is 0.330. The maximum atomic E-state index is 9.00. The standard InChI is InChI=1S/C20H27N5O/c1-16(12-19-10-7-11-26-19)24-20(23-15-21)22-14-18(25(2)3)13-17-8-5-4-6-9-17/h4-11,16,18H,12-14H2,1-3H3,(H2,22,23,24)/t16?,18-/m0/s1. The summed E-state index contributed by atoms with van der Waals surface area (Å²) >= 11 is 0. The molecule has 2 rings (SSSR count). The lowest BCUT2D eigenvalue weighted by atomic mass is 10.1. The molecule has 0 aliphatic rings. The van der Waals surface area contributed by atoms with Crippen LogP contribution in [0.2, 0.25) is 0 Å². The predicted octanol–water partition coefficient (Wildman–Crippen LogP) is 2.40. The van der Waals surface area contributed by atoms with E-state index in [0.29, 0.717) is 12.5 Å². The third-order valence-electron chi connectivity index (χ3n) is 4.15. The van der Waals surface area contributed by atoms with E-state index in [9.17, 15) is 0 Å². The summed E-state index contributed by atoms with van der Waals surface area (Å²) in [6.07, 6.45) is 5.24. The van der Waals surface area contributed by atoms with E-state index in [1.54, 1.807) is 6.26 Å². The number of hydrogen-bond donors (Lipinski definition) is 2. The van der Waals surface area contributed by atoms with Gasteiger partial charge in [0.15, 0.2) is 6.19 Å². The van der Waals surface area contributed by atoms with Crippen LogP contribution in [0.25, 0.3) is 0 Å². The van der Waals surface area contributed by atoms with Crippen LogP contribution in [0.3, 0.4) is 0 Å². The van der Waals surface area contributed by atoms with Crippen molar-refractivity contribution >= 4 is 5.96 Å². The highest BCUT2D eigenvalue weighted by atomic mass is 16.3. The van der Waals surface area contributed by atoms with Crippen LogP contribution in [0.15, 0.2) is 58.1 Å². The Morgan fingerprint density at radius 3 is 2.58 bits per heavy atom. The average molecular weight is 353 g/mol. The summed E-state index contributed by atoms with van der Waals surface area (Å²) in [4.78, 5) is 6.76. The summed E-state index contributed by atoms with van der Waals surface area (Å²) in [5.41, 5.74) is 1.27. The number of nitrogens with one attached hydrogen (secondary N) is 2. The van der Waals surface area contributed by atoms with Gasteiger partial charge in [0.05, 0.1) is 12.8 Å². The summed E-state index contributed by atoms with van der Waals surface area (Å²) in [6, 6.07) is 14.5. The van der Waals surface area contributed by atoms with Crippen molar-refractivity contribution in [3.63, 3.8) is 0 Å². The van der Waals surface area contributed by atoms with Crippen LogP contribution in [-0.2, 0) is 12.8 Å². The molecule has 2 N–H and O–H groups in total. The number of benzene rings is 1. The summed E-state index contributed by atoms with van der Waals surface area (Å²) in [5, 5.41) is 14.9. The fourth-order valence-electron chi connectivity index (χ4n) is 2.68. The zero-order chi connectivity index (χ0) is 18.8. The molecule has 0 bridgehead atoms. The summed E-state index contributed by atoms with van der Waals surface area (Å²) in [7, 11) is 4.10. The lowest BCUT2D eigenvalue weighted by Gasteiger charge is -2.23. The SMILES string of the molecule is CC(Cc1ccco1)NC(=NC[C@H](Cc1ccccc1)N(C)C)NC#N. The number of hydrogen-bond acceptors (Lipinski definition) is 4. The van der Waals surface area contributed by atoms with Gasteiger partial charge >= 0.3 is 0 Å².